The second-order valence-electron chi connectivity index (χ2n) is 11.5. The van der Waals surface area contributed by atoms with Crippen molar-refractivity contribution in [2.75, 3.05) is 0 Å². The van der Waals surface area contributed by atoms with E-state index < -0.39 is 0 Å². The van der Waals surface area contributed by atoms with E-state index in [9.17, 15) is 0 Å². The van der Waals surface area contributed by atoms with Gasteiger partial charge in [0.2, 0.25) is 0 Å². The van der Waals surface area contributed by atoms with Crippen molar-refractivity contribution in [2.45, 2.75) is 32.1 Å². The van der Waals surface area contributed by atoms with Crippen LogP contribution in [-0.4, -0.2) is 0 Å². The number of fused-ring (bicyclic) bond motifs is 7. The topological polar surface area (TPSA) is 0 Å². The van der Waals surface area contributed by atoms with Crippen molar-refractivity contribution in [3.8, 4) is 33.4 Å². The molecule has 1 aliphatic carbocycles. The molecule has 0 heterocycles. The molecule has 0 radical (unpaired) electrons. The van der Waals surface area contributed by atoms with E-state index in [1.165, 1.54) is 76.8 Å². The summed E-state index contributed by atoms with van der Waals surface area (Å²) in [6, 6.07) is 49.8. The van der Waals surface area contributed by atoms with Gasteiger partial charge in [-0.15, -0.1) is 0 Å². The van der Waals surface area contributed by atoms with Gasteiger partial charge in [0.1, 0.15) is 0 Å². The molecular formula is C41H32. The summed E-state index contributed by atoms with van der Waals surface area (Å²) in [6.07, 6.45) is 2.19. The zero-order chi connectivity index (χ0) is 27.6. The molecule has 8 rings (SSSR count). The van der Waals surface area contributed by atoms with E-state index in [1.807, 2.05) is 0 Å². The van der Waals surface area contributed by atoms with Crippen LogP contribution in [0.3, 0.4) is 0 Å². The SMILES string of the molecule is CCC1(CC)c2ccc(-c3c4ccccc4c(-c4ccccc4)c4ccccc34)cc2-c2c1ccc1ccccc21. The van der Waals surface area contributed by atoms with Gasteiger partial charge >= 0.3 is 0 Å². The van der Waals surface area contributed by atoms with Crippen LogP contribution in [-0.2, 0) is 5.41 Å². The predicted octanol–water partition coefficient (Wildman–Crippen LogP) is 11.6. The van der Waals surface area contributed by atoms with E-state index in [4.69, 9.17) is 0 Å². The van der Waals surface area contributed by atoms with Crippen LogP contribution in [0.5, 0.6) is 0 Å². The van der Waals surface area contributed by atoms with Gasteiger partial charge in [0.15, 0.2) is 0 Å². The van der Waals surface area contributed by atoms with E-state index in [2.05, 4.69) is 147 Å². The van der Waals surface area contributed by atoms with Crippen molar-refractivity contribution >= 4 is 32.3 Å². The molecule has 41 heavy (non-hydrogen) atoms. The van der Waals surface area contributed by atoms with Crippen LogP contribution in [0.15, 0.2) is 133 Å². The maximum atomic E-state index is 2.50. The number of rotatable bonds is 4. The lowest BCUT2D eigenvalue weighted by atomic mass is 9.73. The Hall–Kier alpha value is -4.68. The molecule has 0 saturated carbocycles. The molecule has 0 bridgehead atoms. The first-order valence-electron chi connectivity index (χ1n) is 14.9. The van der Waals surface area contributed by atoms with Crippen molar-refractivity contribution in [2.24, 2.45) is 0 Å². The highest BCUT2D eigenvalue weighted by Crippen LogP contribution is 2.56. The summed E-state index contributed by atoms with van der Waals surface area (Å²) in [7, 11) is 0. The van der Waals surface area contributed by atoms with Crippen LogP contribution in [0, 0.1) is 0 Å². The lowest BCUT2D eigenvalue weighted by molar-refractivity contribution is 0.491. The lowest BCUT2D eigenvalue weighted by Gasteiger charge is -2.30. The van der Waals surface area contributed by atoms with Crippen molar-refractivity contribution in [3.05, 3.63) is 145 Å². The highest BCUT2D eigenvalue weighted by atomic mass is 14.4. The van der Waals surface area contributed by atoms with Crippen LogP contribution in [0.25, 0.3) is 65.7 Å². The van der Waals surface area contributed by atoms with E-state index in [0.29, 0.717) is 0 Å². The smallest absolute Gasteiger partial charge is 0.0210 e. The monoisotopic (exact) mass is 524 g/mol. The molecule has 0 unspecified atom stereocenters. The van der Waals surface area contributed by atoms with Crippen molar-refractivity contribution < 1.29 is 0 Å². The second-order valence-corrected chi connectivity index (χ2v) is 11.5. The first-order valence-corrected chi connectivity index (χ1v) is 14.9. The maximum absolute atomic E-state index is 2.50. The van der Waals surface area contributed by atoms with Crippen LogP contribution >= 0.6 is 0 Å². The molecule has 0 saturated heterocycles. The fourth-order valence-electron chi connectivity index (χ4n) is 7.80. The van der Waals surface area contributed by atoms with E-state index in [1.54, 1.807) is 0 Å². The summed E-state index contributed by atoms with van der Waals surface area (Å²) < 4.78 is 0. The predicted molar refractivity (Wildman–Crippen MR) is 177 cm³/mol. The van der Waals surface area contributed by atoms with Gasteiger partial charge in [0.05, 0.1) is 0 Å². The van der Waals surface area contributed by atoms with Gasteiger partial charge in [-0.25, -0.2) is 0 Å². The summed E-state index contributed by atoms with van der Waals surface area (Å²) in [6.45, 7) is 4.71. The summed E-state index contributed by atoms with van der Waals surface area (Å²) >= 11 is 0. The molecule has 7 aromatic carbocycles. The van der Waals surface area contributed by atoms with Crippen LogP contribution in [0.1, 0.15) is 37.8 Å². The molecule has 0 heteroatoms. The molecule has 0 atom stereocenters. The Morgan fingerprint density at radius 1 is 0.415 bits per heavy atom. The molecule has 0 aliphatic heterocycles. The first-order chi connectivity index (χ1) is 20.2. The Labute approximate surface area is 241 Å². The van der Waals surface area contributed by atoms with Crippen molar-refractivity contribution in [3.63, 3.8) is 0 Å². The highest BCUT2D eigenvalue weighted by Gasteiger charge is 2.41. The van der Waals surface area contributed by atoms with E-state index >= 15 is 0 Å². The summed E-state index contributed by atoms with van der Waals surface area (Å²) in [5, 5.41) is 7.89. The Kier molecular flexibility index (Phi) is 5.41. The number of benzene rings is 7. The van der Waals surface area contributed by atoms with E-state index in [0.717, 1.165) is 12.8 Å². The fraction of sp³-hybridized carbons (Fsp3) is 0.122. The Balaban J connectivity index is 1.48. The van der Waals surface area contributed by atoms with Crippen LogP contribution in [0.4, 0.5) is 0 Å². The van der Waals surface area contributed by atoms with Gasteiger partial charge in [-0.1, -0.05) is 141 Å². The van der Waals surface area contributed by atoms with Gasteiger partial charge in [-0.05, 0) is 95.7 Å². The Morgan fingerprint density at radius 2 is 0.927 bits per heavy atom. The Morgan fingerprint density at radius 3 is 1.54 bits per heavy atom. The molecular weight excluding hydrogens is 492 g/mol. The number of hydrogen-bond acceptors (Lipinski definition) is 0. The van der Waals surface area contributed by atoms with E-state index in [-0.39, 0.29) is 5.41 Å². The van der Waals surface area contributed by atoms with Crippen molar-refractivity contribution in [1.29, 1.82) is 0 Å². The average molecular weight is 525 g/mol. The lowest BCUT2D eigenvalue weighted by Crippen LogP contribution is -2.22. The standard InChI is InChI=1S/C41H32/c1-3-41(4-2)36-24-23-29(26-35(36)40-30-17-9-8-14-27(30)22-25-37(40)41)39-33-20-12-10-18-31(33)38(28-15-6-5-7-16-28)32-19-11-13-21-34(32)39/h5-26H,3-4H2,1-2H3. The molecule has 0 fully saturated rings. The third kappa shape index (κ3) is 3.34. The van der Waals surface area contributed by atoms with Gasteiger partial charge in [-0.3, -0.25) is 0 Å². The summed E-state index contributed by atoms with van der Waals surface area (Å²) in [5.41, 5.74) is 11.0. The second kappa shape index (κ2) is 9.18. The minimum Gasteiger partial charge on any atom is -0.0642 e. The normalized spacial score (nSPS) is 13.5. The zero-order valence-corrected chi connectivity index (χ0v) is 23.6. The molecule has 7 aromatic rings. The first kappa shape index (κ1) is 24.1. The maximum Gasteiger partial charge on any atom is 0.0210 e. The van der Waals surface area contributed by atoms with Crippen molar-refractivity contribution in [1.82, 2.24) is 0 Å². The van der Waals surface area contributed by atoms with Gasteiger partial charge in [0, 0.05) is 5.41 Å². The third-order valence-electron chi connectivity index (χ3n) is 9.74. The molecule has 0 aromatic heterocycles. The number of hydrogen-bond donors (Lipinski definition) is 0. The zero-order valence-electron chi connectivity index (χ0n) is 23.6. The third-order valence-corrected chi connectivity index (χ3v) is 9.74. The fourth-order valence-corrected chi connectivity index (χ4v) is 7.80. The van der Waals surface area contributed by atoms with Crippen LogP contribution in [0.2, 0.25) is 0 Å². The molecule has 196 valence electrons. The van der Waals surface area contributed by atoms with Gasteiger partial charge in [0.25, 0.3) is 0 Å². The molecule has 0 N–H and O–H groups in total. The Bertz CT molecular complexity index is 2050. The average Bonchev–Trinajstić information content (AvgIpc) is 3.33. The molecule has 0 amide bonds. The van der Waals surface area contributed by atoms with Crippen LogP contribution < -0.4 is 0 Å². The van der Waals surface area contributed by atoms with Gasteiger partial charge < -0.3 is 0 Å². The highest BCUT2D eigenvalue weighted by molar-refractivity contribution is 6.21. The molecule has 0 spiro atoms. The summed E-state index contributed by atoms with van der Waals surface area (Å²) in [4.78, 5) is 0. The quantitative estimate of drug-likeness (QED) is 0.201. The van der Waals surface area contributed by atoms with Gasteiger partial charge in [-0.2, -0.15) is 0 Å². The largest absolute Gasteiger partial charge is 0.0642 e. The minimum atomic E-state index is 0.0501. The minimum absolute atomic E-state index is 0.0501. The summed E-state index contributed by atoms with van der Waals surface area (Å²) in [5.74, 6) is 0. The molecule has 0 nitrogen and oxygen atoms in total. The molecule has 1 aliphatic rings.